The molecule has 0 bridgehead atoms. The summed E-state index contributed by atoms with van der Waals surface area (Å²) in [6, 6.07) is 15.1. The van der Waals surface area contributed by atoms with Crippen molar-refractivity contribution >= 4 is 5.91 Å². The van der Waals surface area contributed by atoms with Gasteiger partial charge >= 0.3 is 0 Å². The Labute approximate surface area is 185 Å². The molecule has 2 aliphatic heterocycles. The Bertz CT molecular complexity index is 1120. The number of hydrogen-bond acceptors (Lipinski definition) is 6. The molecule has 8 nitrogen and oxygen atoms in total. The lowest BCUT2D eigenvalue weighted by atomic mass is 10.1. The molecule has 1 saturated heterocycles. The van der Waals surface area contributed by atoms with Gasteiger partial charge < -0.3 is 24.3 Å². The number of rotatable bonds is 5. The van der Waals surface area contributed by atoms with Gasteiger partial charge in [-0.15, -0.1) is 0 Å². The van der Waals surface area contributed by atoms with Gasteiger partial charge in [0, 0.05) is 23.2 Å². The number of para-hydroxylation sites is 1. The van der Waals surface area contributed by atoms with E-state index in [0.717, 1.165) is 34.0 Å². The minimum atomic E-state index is -0.600. The van der Waals surface area contributed by atoms with Gasteiger partial charge in [-0.25, -0.2) is 0 Å². The van der Waals surface area contributed by atoms with Crippen LogP contribution in [0.5, 0.6) is 11.5 Å². The zero-order valence-electron chi connectivity index (χ0n) is 18.0. The second kappa shape index (κ2) is 8.29. The Morgan fingerprint density at radius 2 is 1.97 bits per heavy atom. The molecule has 8 heteroatoms. The summed E-state index contributed by atoms with van der Waals surface area (Å²) in [5.41, 5.74) is 4.00. The molecule has 1 atom stereocenters. The van der Waals surface area contributed by atoms with Crippen LogP contribution in [0.1, 0.15) is 24.2 Å². The molecule has 1 amide bonds. The van der Waals surface area contributed by atoms with Crippen LogP contribution in [0.2, 0.25) is 0 Å². The molecule has 0 aliphatic carbocycles. The van der Waals surface area contributed by atoms with E-state index in [-0.39, 0.29) is 12.0 Å². The molecule has 2 N–H and O–H groups in total. The number of fused-ring (bicyclic) bond motifs is 1. The Morgan fingerprint density at radius 3 is 2.75 bits per heavy atom. The molecule has 32 heavy (non-hydrogen) atoms. The maximum Gasteiger partial charge on any atom is 0.251 e. The minimum absolute atomic E-state index is 0.145. The first-order valence-electron chi connectivity index (χ1n) is 10.6. The van der Waals surface area contributed by atoms with E-state index in [0.29, 0.717) is 31.9 Å². The third kappa shape index (κ3) is 4.19. The molecule has 166 valence electrons. The quantitative estimate of drug-likeness (QED) is 0.638. The predicted molar refractivity (Wildman–Crippen MR) is 118 cm³/mol. The van der Waals surface area contributed by atoms with Gasteiger partial charge in [0.15, 0.2) is 17.3 Å². The normalized spacial score (nSPS) is 19.0. The van der Waals surface area contributed by atoms with Crippen molar-refractivity contribution in [3.8, 4) is 34.0 Å². The number of benzene rings is 2. The van der Waals surface area contributed by atoms with E-state index in [2.05, 4.69) is 15.5 Å². The number of hydrogen-bond donors (Lipinski definition) is 2. The minimum Gasteiger partial charge on any atom is -0.486 e. The lowest BCUT2D eigenvalue weighted by Gasteiger charge is -2.20. The van der Waals surface area contributed by atoms with Gasteiger partial charge in [0.05, 0.1) is 18.0 Å². The van der Waals surface area contributed by atoms with Gasteiger partial charge in [-0.1, -0.05) is 18.2 Å². The second-order valence-electron chi connectivity index (χ2n) is 8.23. The van der Waals surface area contributed by atoms with Crippen LogP contribution in [0.25, 0.3) is 22.5 Å². The van der Waals surface area contributed by atoms with Crippen molar-refractivity contribution in [3.05, 3.63) is 54.1 Å². The standard InChI is InChI=1S/C24H25N3O5/c1-24(2)31-14-17(32-24)13-25-23(28)16-8-6-15(7-9-16)19-12-20(27-26-19)18-4-3-5-21-22(18)30-11-10-29-21/h3-9,12,17H,10-11,13-14H2,1-2H3,(H,25,28)(H,26,27). The van der Waals surface area contributed by atoms with Crippen LogP contribution in [0, 0.1) is 0 Å². The predicted octanol–water partition coefficient (Wildman–Crippen LogP) is 3.40. The van der Waals surface area contributed by atoms with Gasteiger partial charge in [0.2, 0.25) is 0 Å². The number of H-pyrrole nitrogens is 1. The highest BCUT2D eigenvalue weighted by molar-refractivity contribution is 5.94. The van der Waals surface area contributed by atoms with Crippen molar-refractivity contribution in [2.45, 2.75) is 25.7 Å². The van der Waals surface area contributed by atoms with Crippen LogP contribution in [-0.2, 0) is 9.47 Å². The van der Waals surface area contributed by atoms with Crippen LogP contribution in [-0.4, -0.2) is 54.4 Å². The van der Waals surface area contributed by atoms with Crippen LogP contribution < -0.4 is 14.8 Å². The fourth-order valence-corrected chi connectivity index (χ4v) is 3.86. The van der Waals surface area contributed by atoms with E-state index >= 15 is 0 Å². The second-order valence-corrected chi connectivity index (χ2v) is 8.23. The van der Waals surface area contributed by atoms with Crippen LogP contribution in [0.15, 0.2) is 48.5 Å². The van der Waals surface area contributed by atoms with E-state index < -0.39 is 5.79 Å². The molecule has 5 rings (SSSR count). The van der Waals surface area contributed by atoms with Gasteiger partial charge in [0.25, 0.3) is 5.91 Å². The number of carbonyl (C=O) groups is 1. The zero-order valence-corrected chi connectivity index (χ0v) is 18.0. The van der Waals surface area contributed by atoms with Crippen LogP contribution >= 0.6 is 0 Å². The SMILES string of the molecule is CC1(C)OCC(CNC(=O)c2ccc(-c3cc(-c4cccc5c4OCCO5)[nH]n3)cc2)O1. The number of carbonyl (C=O) groups excluding carboxylic acids is 1. The smallest absolute Gasteiger partial charge is 0.251 e. The van der Waals surface area contributed by atoms with Crippen LogP contribution in [0.3, 0.4) is 0 Å². The van der Waals surface area contributed by atoms with Crippen molar-refractivity contribution in [3.63, 3.8) is 0 Å². The van der Waals surface area contributed by atoms with E-state index in [1.165, 1.54) is 0 Å². The topological polar surface area (TPSA) is 94.7 Å². The molecule has 1 fully saturated rings. The average Bonchev–Trinajstić information content (AvgIpc) is 3.43. The summed E-state index contributed by atoms with van der Waals surface area (Å²) in [5, 5.41) is 10.4. The van der Waals surface area contributed by atoms with E-state index in [1.54, 1.807) is 12.1 Å². The summed E-state index contributed by atoms with van der Waals surface area (Å²) in [6.07, 6.45) is -0.145. The van der Waals surface area contributed by atoms with Gasteiger partial charge in [-0.2, -0.15) is 5.10 Å². The first kappa shape index (κ1) is 20.5. The summed E-state index contributed by atoms with van der Waals surface area (Å²) in [5.74, 6) is 0.706. The number of aromatic nitrogens is 2. The maximum absolute atomic E-state index is 12.5. The Hall–Kier alpha value is -3.36. The third-order valence-electron chi connectivity index (χ3n) is 5.43. The number of nitrogens with zero attached hydrogens (tertiary/aromatic N) is 1. The molecule has 1 aromatic heterocycles. The van der Waals surface area contributed by atoms with Gasteiger partial charge in [-0.3, -0.25) is 9.89 Å². The molecular formula is C24H25N3O5. The molecule has 2 aliphatic rings. The number of nitrogens with one attached hydrogen (secondary N) is 2. The third-order valence-corrected chi connectivity index (χ3v) is 5.43. The molecule has 0 radical (unpaired) electrons. The van der Waals surface area contributed by atoms with Crippen molar-refractivity contribution in [2.75, 3.05) is 26.4 Å². The average molecular weight is 435 g/mol. The lowest BCUT2D eigenvalue weighted by molar-refractivity contribution is -0.137. The van der Waals surface area contributed by atoms with Crippen molar-refractivity contribution in [1.29, 1.82) is 0 Å². The maximum atomic E-state index is 12.5. The first-order valence-corrected chi connectivity index (χ1v) is 10.6. The molecule has 0 spiro atoms. The summed E-state index contributed by atoms with van der Waals surface area (Å²) in [4.78, 5) is 12.5. The number of ether oxygens (including phenoxy) is 4. The molecule has 3 heterocycles. The zero-order chi connectivity index (χ0) is 22.1. The van der Waals surface area contributed by atoms with Crippen molar-refractivity contribution in [1.82, 2.24) is 15.5 Å². The van der Waals surface area contributed by atoms with Crippen molar-refractivity contribution < 1.29 is 23.7 Å². The molecule has 0 saturated carbocycles. The first-order chi connectivity index (χ1) is 15.5. The summed E-state index contributed by atoms with van der Waals surface area (Å²) in [7, 11) is 0. The molecule has 1 unspecified atom stereocenters. The van der Waals surface area contributed by atoms with E-state index in [1.807, 2.05) is 50.2 Å². The highest BCUT2D eigenvalue weighted by atomic mass is 16.7. The molecular weight excluding hydrogens is 410 g/mol. The fraction of sp³-hybridized carbons (Fsp3) is 0.333. The van der Waals surface area contributed by atoms with Gasteiger partial charge in [0.1, 0.15) is 19.3 Å². The van der Waals surface area contributed by atoms with Gasteiger partial charge in [-0.05, 0) is 44.2 Å². The van der Waals surface area contributed by atoms with Crippen LogP contribution in [0.4, 0.5) is 0 Å². The molecule has 3 aromatic rings. The van der Waals surface area contributed by atoms with Crippen molar-refractivity contribution in [2.24, 2.45) is 0 Å². The Kier molecular flexibility index (Phi) is 5.32. The number of amides is 1. The Balaban J connectivity index is 1.26. The largest absolute Gasteiger partial charge is 0.486 e. The summed E-state index contributed by atoms with van der Waals surface area (Å²) in [6.45, 7) is 5.66. The molecule has 2 aromatic carbocycles. The number of aromatic amines is 1. The fourth-order valence-electron chi connectivity index (χ4n) is 3.86. The lowest BCUT2D eigenvalue weighted by Crippen LogP contribution is -2.34. The highest BCUT2D eigenvalue weighted by Gasteiger charge is 2.32. The van der Waals surface area contributed by atoms with E-state index in [9.17, 15) is 4.79 Å². The summed E-state index contributed by atoms with van der Waals surface area (Å²) < 4.78 is 22.7. The monoisotopic (exact) mass is 435 g/mol. The highest BCUT2D eigenvalue weighted by Crippen LogP contribution is 2.39. The van der Waals surface area contributed by atoms with E-state index in [4.69, 9.17) is 18.9 Å². The Morgan fingerprint density at radius 1 is 1.16 bits per heavy atom. The summed E-state index contributed by atoms with van der Waals surface area (Å²) >= 11 is 0.